The molecule has 0 radical (unpaired) electrons. The molecule has 11 nitrogen and oxygen atoms in total. The average molecular weight is 546 g/mol. The summed E-state index contributed by atoms with van der Waals surface area (Å²) in [5, 5.41) is 23.3. The number of halogens is 2. The number of aromatic nitrogens is 6. The summed E-state index contributed by atoms with van der Waals surface area (Å²) in [6.07, 6.45) is 1.32. The van der Waals surface area contributed by atoms with Gasteiger partial charge in [0.2, 0.25) is 5.95 Å². The lowest BCUT2D eigenvalue weighted by molar-refractivity contribution is -0.00934. The number of nitrogens with zero attached hydrogens (tertiary/aromatic N) is 7. The first-order chi connectivity index (χ1) is 18.8. The molecule has 0 unspecified atom stereocenters. The van der Waals surface area contributed by atoms with Crippen LogP contribution in [0.15, 0.2) is 42.6 Å². The number of carbonyl (C=O) groups excluding carboxylic acids is 1. The molecule has 1 amide bonds. The zero-order valence-electron chi connectivity index (χ0n) is 20.7. The van der Waals surface area contributed by atoms with Crippen molar-refractivity contribution >= 4 is 45.6 Å². The number of hydrogen-bond donors (Lipinski definition) is 2. The average Bonchev–Trinajstić information content (AvgIpc) is 3.52. The summed E-state index contributed by atoms with van der Waals surface area (Å²) >= 11 is 6.71. The molecule has 0 spiro atoms. The van der Waals surface area contributed by atoms with E-state index in [-0.39, 0.29) is 24.1 Å². The summed E-state index contributed by atoms with van der Waals surface area (Å²) in [4.78, 5) is 22.7. The number of hydrogen-bond acceptors (Lipinski definition) is 8. The fourth-order valence-corrected chi connectivity index (χ4v) is 5.51. The number of rotatable bonds is 4. The molecule has 1 saturated heterocycles. The molecular formula is C26H21ClFN9O2. The lowest BCUT2D eigenvalue weighted by Crippen LogP contribution is -2.47. The second-order valence-electron chi connectivity index (χ2n) is 9.32. The molecule has 6 rings (SSSR count). The van der Waals surface area contributed by atoms with Crippen LogP contribution in [0.3, 0.4) is 0 Å². The maximum atomic E-state index is 14.7. The van der Waals surface area contributed by atoms with Crippen LogP contribution in [0.4, 0.5) is 15.1 Å². The number of nitrogens with two attached hydrogens (primary N) is 1. The number of piperidine rings is 1. The summed E-state index contributed by atoms with van der Waals surface area (Å²) < 4.78 is 21.8. The van der Waals surface area contributed by atoms with E-state index in [1.54, 1.807) is 28.9 Å². The van der Waals surface area contributed by atoms with E-state index < -0.39 is 17.5 Å². The van der Waals surface area contributed by atoms with Crippen molar-refractivity contribution in [1.29, 1.82) is 5.26 Å². The van der Waals surface area contributed by atoms with E-state index in [0.29, 0.717) is 46.4 Å². The van der Waals surface area contributed by atoms with Crippen molar-refractivity contribution in [2.45, 2.75) is 18.4 Å². The Kier molecular flexibility index (Phi) is 5.80. The molecule has 2 aromatic carbocycles. The molecular weight excluding hydrogens is 525 g/mol. The Morgan fingerprint density at radius 1 is 1.23 bits per heavy atom. The zero-order valence-corrected chi connectivity index (χ0v) is 21.4. The van der Waals surface area contributed by atoms with Gasteiger partial charge in [0.1, 0.15) is 23.2 Å². The first-order valence-electron chi connectivity index (χ1n) is 12.1. The molecule has 4 heterocycles. The number of fused-ring (bicyclic) bond motifs is 2. The molecule has 3 N–H and O–H groups in total. The molecule has 3 aromatic heterocycles. The Morgan fingerprint density at radius 3 is 2.72 bits per heavy atom. The molecule has 1 fully saturated rings. The van der Waals surface area contributed by atoms with Gasteiger partial charge in [0.25, 0.3) is 0 Å². The van der Waals surface area contributed by atoms with Gasteiger partial charge in [-0.2, -0.15) is 20.4 Å². The number of nitrogens with one attached hydrogen (secondary N) is 1. The minimum absolute atomic E-state index is 0.125. The fourth-order valence-electron chi connectivity index (χ4n) is 5.21. The highest BCUT2D eigenvalue weighted by molar-refractivity contribution is 6.38. The molecule has 39 heavy (non-hydrogen) atoms. The number of aromatic amines is 1. The van der Waals surface area contributed by atoms with Crippen molar-refractivity contribution in [2.24, 2.45) is 12.8 Å². The first-order valence-corrected chi connectivity index (χ1v) is 12.4. The lowest BCUT2D eigenvalue weighted by Gasteiger charge is -2.41. The van der Waals surface area contributed by atoms with E-state index in [9.17, 15) is 14.4 Å². The summed E-state index contributed by atoms with van der Waals surface area (Å²) in [7, 11) is 1.81. The Balaban J connectivity index is 1.35. The maximum absolute atomic E-state index is 14.7. The third-order valence-corrected chi connectivity index (χ3v) is 7.43. The van der Waals surface area contributed by atoms with Crippen LogP contribution in [-0.4, -0.2) is 49.1 Å². The molecule has 0 saturated carbocycles. The van der Waals surface area contributed by atoms with Gasteiger partial charge >= 0.3 is 6.09 Å². The van der Waals surface area contributed by atoms with Crippen LogP contribution < -0.4 is 10.6 Å². The van der Waals surface area contributed by atoms with Gasteiger partial charge in [-0.25, -0.2) is 14.2 Å². The predicted octanol–water partition coefficient (Wildman–Crippen LogP) is 4.16. The van der Waals surface area contributed by atoms with Gasteiger partial charge in [-0.3, -0.25) is 9.78 Å². The maximum Gasteiger partial charge on any atom is 0.405 e. The summed E-state index contributed by atoms with van der Waals surface area (Å²) in [6.45, 7) is 0.644. The van der Waals surface area contributed by atoms with Crippen LogP contribution in [0.25, 0.3) is 33.2 Å². The van der Waals surface area contributed by atoms with Crippen LogP contribution in [0.5, 0.6) is 0 Å². The minimum Gasteiger partial charge on any atom is -0.438 e. The fraction of sp³-hybridized carbons (Fsp3) is 0.231. The van der Waals surface area contributed by atoms with Gasteiger partial charge in [0.05, 0.1) is 15.9 Å². The van der Waals surface area contributed by atoms with Gasteiger partial charge in [0.15, 0.2) is 11.3 Å². The number of nitriles is 1. The summed E-state index contributed by atoms with van der Waals surface area (Å²) in [5.74, 6) is -0.186. The first kappa shape index (κ1) is 24.6. The van der Waals surface area contributed by atoms with Gasteiger partial charge in [-0.05, 0) is 18.2 Å². The molecule has 0 atom stereocenters. The van der Waals surface area contributed by atoms with E-state index in [1.165, 1.54) is 6.07 Å². The molecule has 0 bridgehead atoms. The highest BCUT2D eigenvalue weighted by atomic mass is 35.5. The molecule has 1 aliphatic heterocycles. The predicted molar refractivity (Wildman–Crippen MR) is 141 cm³/mol. The second-order valence-corrected chi connectivity index (χ2v) is 9.70. The number of amides is 1. The number of primary amides is 1. The number of H-pyrrole nitrogens is 1. The van der Waals surface area contributed by atoms with Gasteiger partial charge in [-0.1, -0.05) is 29.8 Å². The van der Waals surface area contributed by atoms with Crippen LogP contribution in [0, 0.1) is 17.1 Å². The highest BCUT2D eigenvalue weighted by Gasteiger charge is 2.42. The van der Waals surface area contributed by atoms with Gasteiger partial charge < -0.3 is 15.4 Å². The summed E-state index contributed by atoms with van der Waals surface area (Å²) in [5.41, 5.74) is 6.69. The quantitative estimate of drug-likeness (QED) is 0.341. The van der Waals surface area contributed by atoms with E-state index >= 15 is 0 Å². The zero-order chi connectivity index (χ0) is 27.3. The van der Waals surface area contributed by atoms with Crippen molar-refractivity contribution in [3.63, 3.8) is 0 Å². The van der Waals surface area contributed by atoms with Crippen LogP contribution in [0.1, 0.15) is 24.1 Å². The monoisotopic (exact) mass is 545 g/mol. The Labute approximate surface area is 226 Å². The van der Waals surface area contributed by atoms with Gasteiger partial charge in [-0.15, -0.1) is 0 Å². The summed E-state index contributed by atoms with van der Waals surface area (Å²) in [6, 6.07) is 11.9. The third-order valence-electron chi connectivity index (χ3n) is 7.02. The Morgan fingerprint density at radius 2 is 2.00 bits per heavy atom. The van der Waals surface area contributed by atoms with E-state index in [1.807, 2.05) is 24.2 Å². The number of anilines is 1. The van der Waals surface area contributed by atoms with E-state index in [0.717, 1.165) is 10.9 Å². The SMILES string of the molecule is Cn1cc2c(Cl)c(-c3n[nH]c4nc(N5CCC(OC(N)=O)(c6ccccc6F)CC5)nc(C#N)c34)ccc2n1. The second kappa shape index (κ2) is 9.21. The third kappa shape index (κ3) is 4.07. The van der Waals surface area contributed by atoms with E-state index in [2.05, 4.69) is 31.3 Å². The minimum atomic E-state index is -1.22. The number of benzene rings is 2. The molecule has 1 aliphatic rings. The standard InChI is InChI=1S/C26H21ClFN9O2/c1-36-13-15-18(35-36)7-6-14(21(15)27)22-20-19(12-29)31-25(32-23(20)34-33-22)37-10-8-26(9-11-37,39-24(30)38)16-4-2-3-5-17(16)28/h2-7,13H,8-11H2,1H3,(H2,30,38)(H,31,32,33,34). The normalized spacial score (nSPS) is 15.0. The van der Waals surface area contributed by atoms with Crippen molar-refractivity contribution in [3.8, 4) is 17.3 Å². The van der Waals surface area contributed by atoms with Crippen molar-refractivity contribution in [3.05, 3.63) is 64.7 Å². The molecule has 0 aliphatic carbocycles. The lowest BCUT2D eigenvalue weighted by atomic mass is 9.83. The van der Waals surface area contributed by atoms with Gasteiger partial charge in [0, 0.05) is 55.7 Å². The molecule has 196 valence electrons. The van der Waals surface area contributed by atoms with Crippen molar-refractivity contribution < 1.29 is 13.9 Å². The molecule has 5 aromatic rings. The van der Waals surface area contributed by atoms with Crippen molar-refractivity contribution in [2.75, 3.05) is 18.0 Å². The Hall–Kier alpha value is -4.76. The molecule has 13 heteroatoms. The Bertz CT molecular complexity index is 1800. The topological polar surface area (TPSA) is 152 Å². The number of ether oxygens (including phenoxy) is 1. The number of aryl methyl sites for hydroxylation is 1. The van der Waals surface area contributed by atoms with Crippen LogP contribution in [0.2, 0.25) is 5.02 Å². The highest BCUT2D eigenvalue weighted by Crippen LogP contribution is 2.40. The largest absolute Gasteiger partial charge is 0.438 e. The van der Waals surface area contributed by atoms with Crippen molar-refractivity contribution in [1.82, 2.24) is 29.9 Å². The van der Waals surface area contributed by atoms with Crippen LogP contribution >= 0.6 is 11.6 Å². The smallest absolute Gasteiger partial charge is 0.405 e. The number of carbonyl (C=O) groups is 1. The van der Waals surface area contributed by atoms with E-state index in [4.69, 9.17) is 22.1 Å². The van der Waals surface area contributed by atoms with Crippen LogP contribution in [-0.2, 0) is 17.4 Å².